The van der Waals surface area contributed by atoms with Crippen molar-refractivity contribution in [3.05, 3.63) is 35.9 Å². The van der Waals surface area contributed by atoms with E-state index in [1.807, 2.05) is 39.0 Å². The molecule has 0 saturated heterocycles. The Bertz CT molecular complexity index is 632. The Labute approximate surface area is 135 Å². The minimum Gasteiger partial charge on any atom is -0.465 e. The summed E-state index contributed by atoms with van der Waals surface area (Å²) in [5.74, 6) is 0. The van der Waals surface area contributed by atoms with E-state index in [2.05, 4.69) is 5.32 Å². The molecule has 23 heavy (non-hydrogen) atoms. The normalized spacial score (nSPS) is 14.9. The number of para-hydroxylation sites is 1. The zero-order valence-corrected chi connectivity index (χ0v) is 13.6. The molecule has 1 aromatic carbocycles. The van der Waals surface area contributed by atoms with E-state index in [1.54, 1.807) is 17.0 Å². The predicted molar refractivity (Wildman–Crippen MR) is 88.5 cm³/mol. The first-order valence-corrected chi connectivity index (χ1v) is 7.52. The SMILES string of the molecule is CC(C)(C)OC(=O)N1CC=C(c2ccccc2NC(=O)O)CC1. The molecule has 1 heterocycles. The van der Waals surface area contributed by atoms with E-state index in [0.29, 0.717) is 25.2 Å². The molecule has 0 bridgehead atoms. The lowest BCUT2D eigenvalue weighted by molar-refractivity contribution is 0.0270. The number of carbonyl (C=O) groups is 2. The molecule has 0 saturated carbocycles. The molecule has 0 spiro atoms. The fourth-order valence-corrected chi connectivity index (χ4v) is 2.39. The second kappa shape index (κ2) is 6.73. The lowest BCUT2D eigenvalue weighted by atomic mass is 9.98. The topological polar surface area (TPSA) is 78.9 Å². The summed E-state index contributed by atoms with van der Waals surface area (Å²) in [6.45, 7) is 6.51. The lowest BCUT2D eigenvalue weighted by Gasteiger charge is -2.30. The van der Waals surface area contributed by atoms with Gasteiger partial charge in [-0.2, -0.15) is 0 Å². The van der Waals surface area contributed by atoms with E-state index in [1.165, 1.54) is 0 Å². The summed E-state index contributed by atoms with van der Waals surface area (Å²) in [5, 5.41) is 11.3. The van der Waals surface area contributed by atoms with Crippen LogP contribution >= 0.6 is 0 Å². The molecule has 124 valence electrons. The first kappa shape index (κ1) is 16.9. The number of hydrogen-bond donors (Lipinski definition) is 2. The van der Waals surface area contributed by atoms with Gasteiger partial charge in [0.25, 0.3) is 0 Å². The van der Waals surface area contributed by atoms with Gasteiger partial charge in [0.05, 0.1) is 5.69 Å². The Hall–Kier alpha value is -2.50. The number of carbonyl (C=O) groups excluding carboxylic acids is 1. The van der Waals surface area contributed by atoms with Crippen LogP contribution in [0.1, 0.15) is 32.8 Å². The van der Waals surface area contributed by atoms with Crippen molar-refractivity contribution in [3.8, 4) is 0 Å². The van der Waals surface area contributed by atoms with Crippen molar-refractivity contribution >= 4 is 23.4 Å². The van der Waals surface area contributed by atoms with Crippen LogP contribution in [0.5, 0.6) is 0 Å². The molecule has 1 aliphatic rings. The smallest absolute Gasteiger partial charge is 0.410 e. The summed E-state index contributed by atoms with van der Waals surface area (Å²) in [6, 6.07) is 7.25. The minimum atomic E-state index is -1.09. The van der Waals surface area contributed by atoms with E-state index in [-0.39, 0.29) is 6.09 Å². The van der Waals surface area contributed by atoms with Crippen LogP contribution in [0.3, 0.4) is 0 Å². The molecule has 2 rings (SSSR count). The van der Waals surface area contributed by atoms with Crippen LogP contribution in [0.2, 0.25) is 0 Å². The van der Waals surface area contributed by atoms with Crippen molar-refractivity contribution < 1.29 is 19.4 Å². The van der Waals surface area contributed by atoms with Gasteiger partial charge in [-0.15, -0.1) is 0 Å². The third-order valence-electron chi connectivity index (χ3n) is 3.38. The molecule has 0 radical (unpaired) electrons. The quantitative estimate of drug-likeness (QED) is 0.869. The fourth-order valence-electron chi connectivity index (χ4n) is 2.39. The highest BCUT2D eigenvalue weighted by Gasteiger charge is 2.24. The van der Waals surface area contributed by atoms with Gasteiger partial charge in [-0.05, 0) is 38.8 Å². The summed E-state index contributed by atoms with van der Waals surface area (Å²) >= 11 is 0. The average molecular weight is 318 g/mol. The van der Waals surface area contributed by atoms with Crippen molar-refractivity contribution in [1.82, 2.24) is 4.90 Å². The standard InChI is InChI=1S/C17H22N2O4/c1-17(2,3)23-16(22)19-10-8-12(9-11-19)13-6-4-5-7-14(13)18-15(20)21/h4-8,18H,9-11H2,1-3H3,(H,20,21). The molecule has 2 amide bonds. The molecule has 2 N–H and O–H groups in total. The van der Waals surface area contributed by atoms with E-state index in [9.17, 15) is 9.59 Å². The van der Waals surface area contributed by atoms with Gasteiger partial charge in [0.1, 0.15) is 5.60 Å². The number of amides is 2. The molecule has 0 aromatic heterocycles. The van der Waals surface area contributed by atoms with Crippen molar-refractivity contribution in [3.63, 3.8) is 0 Å². The van der Waals surface area contributed by atoms with E-state index in [4.69, 9.17) is 9.84 Å². The molecule has 0 unspecified atom stereocenters. The summed E-state index contributed by atoms with van der Waals surface area (Å²) in [5.41, 5.74) is 1.91. The van der Waals surface area contributed by atoms with Gasteiger partial charge in [0.15, 0.2) is 0 Å². The summed E-state index contributed by atoms with van der Waals surface area (Å²) in [6.07, 6.45) is 1.17. The highest BCUT2D eigenvalue weighted by atomic mass is 16.6. The molecule has 6 heteroatoms. The summed E-state index contributed by atoms with van der Waals surface area (Å²) in [4.78, 5) is 24.6. The lowest BCUT2D eigenvalue weighted by Crippen LogP contribution is -2.39. The molecular formula is C17H22N2O4. The molecule has 1 aromatic rings. The van der Waals surface area contributed by atoms with E-state index >= 15 is 0 Å². The number of carboxylic acid groups (broad SMARTS) is 1. The van der Waals surface area contributed by atoms with Crippen LogP contribution in [0, 0.1) is 0 Å². The Balaban J connectivity index is 2.10. The predicted octanol–water partition coefficient (Wildman–Crippen LogP) is 3.80. The number of nitrogens with one attached hydrogen (secondary N) is 1. The summed E-state index contributed by atoms with van der Waals surface area (Å²) in [7, 11) is 0. The highest BCUT2D eigenvalue weighted by molar-refractivity contribution is 5.89. The maximum atomic E-state index is 12.1. The Morgan fingerprint density at radius 2 is 1.96 bits per heavy atom. The van der Waals surface area contributed by atoms with Gasteiger partial charge in [-0.3, -0.25) is 5.32 Å². The molecule has 0 atom stereocenters. The molecule has 0 aliphatic carbocycles. The van der Waals surface area contributed by atoms with Crippen LogP contribution in [-0.2, 0) is 4.74 Å². The third-order valence-corrected chi connectivity index (χ3v) is 3.38. The minimum absolute atomic E-state index is 0.329. The third kappa shape index (κ3) is 4.74. The summed E-state index contributed by atoms with van der Waals surface area (Å²) < 4.78 is 5.36. The van der Waals surface area contributed by atoms with E-state index in [0.717, 1.165) is 11.1 Å². The number of hydrogen-bond acceptors (Lipinski definition) is 3. The Kier molecular flexibility index (Phi) is 4.93. The van der Waals surface area contributed by atoms with Crippen molar-refractivity contribution in [2.75, 3.05) is 18.4 Å². The van der Waals surface area contributed by atoms with Gasteiger partial charge >= 0.3 is 12.2 Å². The van der Waals surface area contributed by atoms with Gasteiger partial charge in [0, 0.05) is 18.7 Å². The molecule has 0 fully saturated rings. The second-order valence-corrected chi connectivity index (χ2v) is 6.38. The number of ether oxygens (including phenoxy) is 1. The molecule has 1 aliphatic heterocycles. The van der Waals surface area contributed by atoms with Crippen LogP contribution in [0.4, 0.5) is 15.3 Å². The number of rotatable bonds is 2. The van der Waals surface area contributed by atoms with Crippen molar-refractivity contribution in [2.24, 2.45) is 0 Å². The zero-order valence-electron chi connectivity index (χ0n) is 13.6. The molecule has 6 nitrogen and oxygen atoms in total. The fraction of sp³-hybridized carbons (Fsp3) is 0.412. The largest absolute Gasteiger partial charge is 0.465 e. The maximum Gasteiger partial charge on any atom is 0.410 e. The number of benzene rings is 1. The Morgan fingerprint density at radius 3 is 2.52 bits per heavy atom. The van der Waals surface area contributed by atoms with Gasteiger partial charge in [0.2, 0.25) is 0 Å². The van der Waals surface area contributed by atoms with Gasteiger partial charge in [-0.1, -0.05) is 24.3 Å². The van der Waals surface area contributed by atoms with Crippen molar-refractivity contribution in [1.29, 1.82) is 0 Å². The monoisotopic (exact) mass is 318 g/mol. The zero-order chi connectivity index (χ0) is 17.0. The van der Waals surface area contributed by atoms with Gasteiger partial charge < -0.3 is 14.7 Å². The van der Waals surface area contributed by atoms with Crippen LogP contribution in [0.25, 0.3) is 5.57 Å². The molecular weight excluding hydrogens is 296 g/mol. The van der Waals surface area contributed by atoms with Crippen LogP contribution in [-0.4, -0.2) is 40.9 Å². The highest BCUT2D eigenvalue weighted by Crippen LogP contribution is 2.29. The Morgan fingerprint density at radius 1 is 1.26 bits per heavy atom. The number of anilines is 1. The second-order valence-electron chi connectivity index (χ2n) is 6.38. The first-order chi connectivity index (χ1) is 10.8. The van der Waals surface area contributed by atoms with Crippen LogP contribution in [0.15, 0.2) is 30.3 Å². The first-order valence-electron chi connectivity index (χ1n) is 7.52. The van der Waals surface area contributed by atoms with Crippen LogP contribution < -0.4 is 5.32 Å². The maximum absolute atomic E-state index is 12.1. The average Bonchev–Trinajstić information content (AvgIpc) is 2.45. The van der Waals surface area contributed by atoms with Gasteiger partial charge in [-0.25, -0.2) is 9.59 Å². The van der Waals surface area contributed by atoms with E-state index < -0.39 is 11.7 Å². The van der Waals surface area contributed by atoms with Crippen molar-refractivity contribution in [2.45, 2.75) is 32.8 Å². The number of nitrogens with zero attached hydrogens (tertiary/aromatic N) is 1.